The standard InChI is InChI=1S/C21H14ClF4N3O4/c1-11-7-17(30)19(28-29(11)14-4-2-3-12(8-14)21(24,25)26)20(32)33-10-18(31)27-16-9-13(22)5-6-15(16)23/h2-9H,10H2,1H3,(H,27,31). The van der Waals surface area contributed by atoms with E-state index in [1.54, 1.807) is 0 Å². The number of benzene rings is 2. The van der Waals surface area contributed by atoms with Gasteiger partial charge in [-0.25, -0.2) is 13.9 Å². The molecule has 1 N–H and O–H groups in total. The predicted octanol–water partition coefficient (Wildman–Crippen LogP) is 4.15. The van der Waals surface area contributed by atoms with Gasteiger partial charge in [-0.3, -0.25) is 9.59 Å². The summed E-state index contributed by atoms with van der Waals surface area (Å²) in [6.07, 6.45) is -4.61. The van der Waals surface area contributed by atoms with E-state index >= 15 is 0 Å². The second kappa shape index (κ2) is 9.41. The third-order valence-electron chi connectivity index (χ3n) is 4.26. The maximum Gasteiger partial charge on any atom is 0.416 e. The summed E-state index contributed by atoms with van der Waals surface area (Å²) in [5, 5.41) is 6.11. The number of nitrogens with zero attached hydrogens (tertiary/aromatic N) is 2. The Hall–Kier alpha value is -3.73. The molecule has 0 radical (unpaired) electrons. The summed E-state index contributed by atoms with van der Waals surface area (Å²) in [5.41, 5.74) is -2.70. The Kier molecular flexibility index (Phi) is 6.82. The molecule has 1 heterocycles. The summed E-state index contributed by atoms with van der Waals surface area (Å²) in [6, 6.07) is 8.54. The molecule has 0 aliphatic rings. The molecule has 0 spiro atoms. The van der Waals surface area contributed by atoms with Crippen LogP contribution in [0.3, 0.4) is 0 Å². The van der Waals surface area contributed by atoms with Gasteiger partial charge in [0.15, 0.2) is 6.61 Å². The highest BCUT2D eigenvalue weighted by Crippen LogP contribution is 2.30. The molecule has 3 aromatic rings. The summed E-state index contributed by atoms with van der Waals surface area (Å²) >= 11 is 5.73. The SMILES string of the molecule is Cc1cc(=O)c(C(=O)OCC(=O)Nc2cc(Cl)ccc2F)nn1-c1cccc(C(F)(F)F)c1. The van der Waals surface area contributed by atoms with Crippen LogP contribution in [0.4, 0.5) is 23.2 Å². The number of carbonyl (C=O) groups excluding carboxylic acids is 2. The van der Waals surface area contributed by atoms with Crippen molar-refractivity contribution in [3.8, 4) is 5.69 Å². The van der Waals surface area contributed by atoms with Crippen molar-refractivity contribution in [2.24, 2.45) is 0 Å². The highest BCUT2D eigenvalue weighted by atomic mass is 35.5. The number of nitrogens with one attached hydrogen (secondary N) is 1. The van der Waals surface area contributed by atoms with E-state index in [2.05, 4.69) is 10.4 Å². The second-order valence-corrected chi connectivity index (χ2v) is 7.14. The van der Waals surface area contributed by atoms with Gasteiger partial charge in [0.05, 0.1) is 16.9 Å². The molecule has 0 bridgehead atoms. The normalized spacial score (nSPS) is 11.2. The van der Waals surface area contributed by atoms with Crippen LogP contribution >= 0.6 is 11.6 Å². The lowest BCUT2D eigenvalue weighted by Crippen LogP contribution is -2.27. The van der Waals surface area contributed by atoms with Crippen LogP contribution in [0.2, 0.25) is 5.02 Å². The number of ether oxygens (including phenoxy) is 1. The number of hydrogen-bond acceptors (Lipinski definition) is 5. The number of halogens is 5. The van der Waals surface area contributed by atoms with Crippen molar-refractivity contribution in [2.75, 3.05) is 11.9 Å². The molecule has 7 nitrogen and oxygen atoms in total. The maximum absolute atomic E-state index is 13.7. The van der Waals surface area contributed by atoms with Crippen LogP contribution < -0.4 is 10.7 Å². The van der Waals surface area contributed by atoms with E-state index in [1.807, 2.05) is 0 Å². The molecule has 3 rings (SSSR count). The minimum Gasteiger partial charge on any atom is -0.451 e. The van der Waals surface area contributed by atoms with Crippen molar-refractivity contribution in [1.29, 1.82) is 0 Å². The molecular weight excluding hydrogens is 470 g/mol. The Bertz CT molecular complexity index is 1290. The van der Waals surface area contributed by atoms with E-state index in [4.69, 9.17) is 16.3 Å². The number of esters is 1. The van der Waals surface area contributed by atoms with Gasteiger partial charge in [0.1, 0.15) is 5.82 Å². The van der Waals surface area contributed by atoms with Crippen molar-refractivity contribution >= 4 is 29.2 Å². The van der Waals surface area contributed by atoms with Crippen LogP contribution in [0.1, 0.15) is 21.7 Å². The zero-order valence-electron chi connectivity index (χ0n) is 16.7. The monoisotopic (exact) mass is 483 g/mol. The number of rotatable bonds is 5. The van der Waals surface area contributed by atoms with Gasteiger partial charge in [-0.1, -0.05) is 17.7 Å². The number of alkyl halides is 3. The van der Waals surface area contributed by atoms with Crippen LogP contribution in [0, 0.1) is 12.7 Å². The third-order valence-corrected chi connectivity index (χ3v) is 4.49. The summed E-state index contributed by atoms with van der Waals surface area (Å²) < 4.78 is 58.5. The number of hydrogen-bond donors (Lipinski definition) is 1. The summed E-state index contributed by atoms with van der Waals surface area (Å²) in [4.78, 5) is 36.5. The fraction of sp³-hybridized carbons (Fsp3) is 0.143. The van der Waals surface area contributed by atoms with Crippen molar-refractivity contribution in [3.05, 3.63) is 86.5 Å². The van der Waals surface area contributed by atoms with Crippen LogP contribution in [0.15, 0.2) is 53.3 Å². The van der Waals surface area contributed by atoms with Gasteiger partial charge in [-0.15, -0.1) is 0 Å². The lowest BCUT2D eigenvalue weighted by Gasteiger charge is -2.13. The fourth-order valence-electron chi connectivity index (χ4n) is 2.74. The molecule has 0 unspecified atom stereocenters. The van der Waals surface area contributed by atoms with E-state index < -0.39 is 47.2 Å². The predicted molar refractivity (Wildman–Crippen MR) is 110 cm³/mol. The molecule has 0 fully saturated rings. The van der Waals surface area contributed by atoms with Gasteiger partial charge in [0, 0.05) is 16.8 Å². The van der Waals surface area contributed by atoms with E-state index in [-0.39, 0.29) is 22.1 Å². The minimum absolute atomic E-state index is 0.0504. The molecule has 0 saturated heterocycles. The molecule has 12 heteroatoms. The molecule has 1 amide bonds. The summed E-state index contributed by atoms with van der Waals surface area (Å²) in [7, 11) is 0. The van der Waals surface area contributed by atoms with Crippen LogP contribution in [0.25, 0.3) is 5.69 Å². The van der Waals surface area contributed by atoms with Gasteiger partial charge in [0.25, 0.3) is 5.91 Å². The van der Waals surface area contributed by atoms with Crippen LogP contribution in [0.5, 0.6) is 0 Å². The zero-order chi connectivity index (χ0) is 24.3. The fourth-order valence-corrected chi connectivity index (χ4v) is 2.92. The van der Waals surface area contributed by atoms with Gasteiger partial charge < -0.3 is 10.1 Å². The van der Waals surface area contributed by atoms with Crippen LogP contribution in [-0.2, 0) is 15.7 Å². The van der Waals surface area contributed by atoms with Crippen molar-refractivity contribution in [1.82, 2.24) is 9.78 Å². The average molecular weight is 484 g/mol. The zero-order valence-corrected chi connectivity index (χ0v) is 17.5. The summed E-state index contributed by atoms with van der Waals surface area (Å²) in [5.74, 6) is -2.99. The first-order valence-corrected chi connectivity index (χ1v) is 9.54. The second-order valence-electron chi connectivity index (χ2n) is 6.71. The molecule has 172 valence electrons. The van der Waals surface area contributed by atoms with E-state index in [0.29, 0.717) is 0 Å². The molecule has 0 atom stereocenters. The molecular formula is C21H14ClF4N3O4. The Morgan fingerprint density at radius 1 is 1.15 bits per heavy atom. The van der Waals surface area contributed by atoms with E-state index in [9.17, 15) is 31.9 Å². The Labute approximate surface area is 188 Å². The van der Waals surface area contributed by atoms with Crippen molar-refractivity contribution in [3.63, 3.8) is 0 Å². The Balaban J connectivity index is 1.79. The number of anilines is 1. The van der Waals surface area contributed by atoms with Crippen molar-refractivity contribution < 1.29 is 31.9 Å². The smallest absolute Gasteiger partial charge is 0.416 e. The molecule has 1 aromatic heterocycles. The molecule has 33 heavy (non-hydrogen) atoms. The average Bonchev–Trinajstić information content (AvgIpc) is 2.74. The molecule has 0 saturated carbocycles. The molecule has 0 aliphatic heterocycles. The van der Waals surface area contributed by atoms with Gasteiger partial charge >= 0.3 is 12.1 Å². The third kappa shape index (κ3) is 5.75. The molecule has 0 aliphatic carbocycles. The van der Waals surface area contributed by atoms with Gasteiger partial charge in [-0.05, 0) is 43.3 Å². The first-order valence-electron chi connectivity index (χ1n) is 9.16. The van der Waals surface area contributed by atoms with Crippen molar-refractivity contribution in [2.45, 2.75) is 13.1 Å². The number of carbonyl (C=O) groups is 2. The first kappa shape index (κ1) is 23.9. The topological polar surface area (TPSA) is 90.3 Å². The molecule has 2 aromatic carbocycles. The Morgan fingerprint density at radius 2 is 1.88 bits per heavy atom. The minimum atomic E-state index is -4.61. The van der Waals surface area contributed by atoms with E-state index in [1.165, 1.54) is 19.1 Å². The summed E-state index contributed by atoms with van der Waals surface area (Å²) in [6.45, 7) is 0.528. The maximum atomic E-state index is 13.7. The Morgan fingerprint density at radius 3 is 2.58 bits per heavy atom. The lowest BCUT2D eigenvalue weighted by atomic mass is 10.2. The van der Waals surface area contributed by atoms with Crippen LogP contribution in [-0.4, -0.2) is 28.3 Å². The largest absolute Gasteiger partial charge is 0.451 e. The van der Waals surface area contributed by atoms with Gasteiger partial charge in [0.2, 0.25) is 11.1 Å². The van der Waals surface area contributed by atoms with Gasteiger partial charge in [-0.2, -0.15) is 18.3 Å². The highest BCUT2D eigenvalue weighted by molar-refractivity contribution is 6.30. The number of aryl methyl sites for hydroxylation is 1. The first-order chi connectivity index (χ1) is 15.5. The number of aromatic nitrogens is 2. The number of amides is 1. The lowest BCUT2D eigenvalue weighted by molar-refractivity contribution is -0.137. The quantitative estimate of drug-likeness (QED) is 0.435. The van der Waals surface area contributed by atoms with E-state index in [0.717, 1.165) is 41.1 Å². The highest BCUT2D eigenvalue weighted by Gasteiger charge is 2.30.